The quantitative estimate of drug-likeness (QED) is 0.0675. The van der Waals surface area contributed by atoms with Gasteiger partial charge in [-0.15, -0.1) is 0 Å². The molecule has 0 radical (unpaired) electrons. The molecule has 1 amide bonds. The molecule has 0 saturated heterocycles. The molecule has 52 heavy (non-hydrogen) atoms. The molecular formula is C45H69ClN4OP+. The maximum atomic E-state index is 14.3. The average Bonchev–Trinajstić information content (AvgIpc) is 3.16. The summed E-state index contributed by atoms with van der Waals surface area (Å²) in [7, 11) is -1.04. The minimum atomic E-state index is -1.04. The van der Waals surface area contributed by atoms with Crippen LogP contribution in [0, 0.1) is 0 Å². The molecule has 3 aromatic rings. The largest absolute Gasteiger partial charge is 1.00 e. The summed E-state index contributed by atoms with van der Waals surface area (Å²) in [4.78, 5) is 18.2. The Morgan fingerprint density at radius 3 is 1.92 bits per heavy atom. The Bertz CT molecular complexity index is 1480. The van der Waals surface area contributed by atoms with Gasteiger partial charge >= 0.3 is 5.96 Å². The maximum absolute atomic E-state index is 14.3. The Morgan fingerprint density at radius 1 is 0.731 bits per heavy atom. The summed E-state index contributed by atoms with van der Waals surface area (Å²) in [6.45, 7) is 7.02. The van der Waals surface area contributed by atoms with E-state index in [0.29, 0.717) is 18.5 Å². The fourth-order valence-electron chi connectivity index (χ4n) is 8.38. The maximum Gasteiger partial charge on any atom is 0.344 e. The molecular weight excluding hydrogens is 679 g/mol. The van der Waals surface area contributed by atoms with Crippen LogP contribution in [0.3, 0.4) is 0 Å². The van der Waals surface area contributed by atoms with Crippen molar-refractivity contribution >= 4 is 35.6 Å². The van der Waals surface area contributed by atoms with E-state index in [9.17, 15) is 4.79 Å². The normalized spacial score (nSPS) is 16.6. The predicted molar refractivity (Wildman–Crippen MR) is 222 cm³/mol. The Morgan fingerprint density at radius 2 is 1.31 bits per heavy atom. The van der Waals surface area contributed by atoms with Crippen molar-refractivity contribution in [1.29, 1.82) is 0 Å². The predicted octanol–water partition coefficient (Wildman–Crippen LogP) is 6.59. The van der Waals surface area contributed by atoms with Crippen LogP contribution in [0.4, 0.5) is 5.69 Å². The van der Waals surface area contributed by atoms with Crippen molar-refractivity contribution in [1.82, 2.24) is 10.6 Å². The van der Waals surface area contributed by atoms with E-state index >= 15 is 0 Å². The number of guanidine groups is 1. The molecule has 5 nitrogen and oxygen atoms in total. The van der Waals surface area contributed by atoms with Crippen LogP contribution in [0.2, 0.25) is 0 Å². The fourth-order valence-corrected chi connectivity index (χ4v) is 13.5. The Hall–Kier alpha value is -2.62. The molecule has 0 heterocycles. The van der Waals surface area contributed by atoms with Crippen LogP contribution in [-0.2, 0) is 17.4 Å². The summed E-state index contributed by atoms with van der Waals surface area (Å²) in [6.07, 6.45) is 26.5. The highest BCUT2D eigenvalue weighted by molar-refractivity contribution is 7.75. The second kappa shape index (κ2) is 22.6. The molecule has 7 heteroatoms. The number of hydrogen-bond donors (Lipinski definition) is 4. The number of anilines is 1. The van der Waals surface area contributed by atoms with Gasteiger partial charge in [-0.3, -0.25) is 20.4 Å². The highest BCUT2D eigenvalue weighted by atomic mass is 35.5. The Balaban J connectivity index is 0.00000605. The lowest BCUT2D eigenvalue weighted by molar-refractivity contribution is -0.512. The Kier molecular flexibility index (Phi) is 18.3. The molecule has 286 valence electrons. The second-order valence-electron chi connectivity index (χ2n) is 15.8. The summed E-state index contributed by atoms with van der Waals surface area (Å²) >= 11 is 0. The molecule has 2 fully saturated rings. The van der Waals surface area contributed by atoms with Crippen molar-refractivity contribution in [3.63, 3.8) is 0 Å². The van der Waals surface area contributed by atoms with Gasteiger partial charge in [-0.05, 0) is 79.0 Å². The third kappa shape index (κ3) is 13.3. The van der Waals surface area contributed by atoms with Crippen molar-refractivity contribution in [2.45, 2.75) is 154 Å². The summed E-state index contributed by atoms with van der Waals surface area (Å²) in [5.74, 6) is 0.955. The molecule has 0 bridgehead atoms. The number of amides is 1. The number of benzene rings is 3. The van der Waals surface area contributed by atoms with Gasteiger partial charge in [-0.2, -0.15) is 0 Å². The smallest absolute Gasteiger partial charge is 0.344 e. The second-order valence-corrected chi connectivity index (χ2v) is 20.2. The number of rotatable bonds is 18. The Labute approximate surface area is 323 Å². The first-order valence-corrected chi connectivity index (χ1v) is 23.4. The highest BCUT2D eigenvalue weighted by Crippen LogP contribution is 2.63. The zero-order chi connectivity index (χ0) is 35.7. The summed E-state index contributed by atoms with van der Waals surface area (Å²) in [6, 6.07) is 24.5. The van der Waals surface area contributed by atoms with Crippen LogP contribution in [-0.4, -0.2) is 48.5 Å². The standard InChI is InChI=1S/C45H67N4OP.ClH/c1-4-7-30-51(31-8-5-2,32-9-6-3)35-36-25-28-42(29-26-36)46-44(50)43(34-37-24-27-38-18-16-17-19-39(38)33-37)49-45(47-40-20-12-10-13-21-40)48-41-22-14-11-15-23-41;/h16-19,24-29,33,40-41,43H,4-15,20-23,30-32,34-35H2,1-3H3,(H2-,46,47,48,49,50);1H/p+1/t43-;/m0./s1. The lowest BCUT2D eigenvalue weighted by atomic mass is 9.95. The molecule has 4 N–H and O–H groups in total. The van der Waals surface area contributed by atoms with E-state index in [-0.39, 0.29) is 18.3 Å². The molecule has 3 aromatic carbocycles. The van der Waals surface area contributed by atoms with Crippen molar-refractivity contribution in [2.24, 2.45) is 0 Å². The van der Waals surface area contributed by atoms with Gasteiger partial charge in [0, 0.05) is 19.4 Å². The SMILES string of the molecule is CCCC[P+](CCCC)(CCCC)Cc1ccc(NC(=O)[C@H](Cc2ccc3ccccc3c2)NC(NC2CCCCC2)=[NH+]C2CCCCC2)cc1.[Cl-]. The number of fused-ring (bicyclic) bond motifs is 1. The first kappa shape index (κ1) is 42.1. The number of carbonyl (C=O) groups excluding carboxylic acids is 1. The van der Waals surface area contributed by atoms with Gasteiger partial charge in [0.1, 0.15) is 0 Å². The summed E-state index contributed by atoms with van der Waals surface area (Å²) in [5, 5.41) is 13.4. The molecule has 0 aromatic heterocycles. The van der Waals surface area contributed by atoms with Crippen molar-refractivity contribution in [3.8, 4) is 0 Å². The van der Waals surface area contributed by atoms with E-state index in [1.165, 1.54) is 144 Å². The number of halogens is 1. The van der Waals surface area contributed by atoms with Gasteiger partial charge in [0.25, 0.3) is 5.91 Å². The molecule has 2 aliphatic carbocycles. The number of carbonyl (C=O) groups is 1. The topological polar surface area (TPSA) is 67.1 Å². The van der Waals surface area contributed by atoms with Crippen LogP contribution < -0.4 is 33.3 Å². The van der Waals surface area contributed by atoms with Crippen molar-refractivity contribution < 1.29 is 22.2 Å². The lowest BCUT2D eigenvalue weighted by Crippen LogP contribution is -3.00. The third-order valence-corrected chi connectivity index (χ3v) is 16.3. The number of unbranched alkanes of at least 4 members (excludes halogenated alkanes) is 3. The van der Waals surface area contributed by atoms with Crippen LogP contribution >= 0.6 is 7.26 Å². The van der Waals surface area contributed by atoms with Crippen LogP contribution in [0.5, 0.6) is 0 Å². The highest BCUT2D eigenvalue weighted by Gasteiger charge is 2.36. The van der Waals surface area contributed by atoms with Gasteiger partial charge in [0.05, 0.1) is 36.7 Å². The molecule has 2 saturated carbocycles. The molecule has 1 atom stereocenters. The zero-order valence-electron chi connectivity index (χ0n) is 32.7. The van der Waals surface area contributed by atoms with E-state index in [4.69, 9.17) is 0 Å². The van der Waals surface area contributed by atoms with Gasteiger partial charge in [-0.1, -0.05) is 133 Å². The fraction of sp³-hybridized carbons (Fsp3) is 0.600. The van der Waals surface area contributed by atoms with Crippen molar-refractivity contribution in [2.75, 3.05) is 23.8 Å². The summed E-state index contributed by atoms with van der Waals surface area (Å²) in [5.41, 5.74) is 3.49. The lowest BCUT2D eigenvalue weighted by Gasteiger charge is -2.28. The van der Waals surface area contributed by atoms with E-state index in [0.717, 1.165) is 17.2 Å². The first-order valence-electron chi connectivity index (χ1n) is 20.9. The zero-order valence-corrected chi connectivity index (χ0v) is 34.3. The van der Waals surface area contributed by atoms with E-state index in [1.54, 1.807) is 0 Å². The molecule has 0 aliphatic heterocycles. The van der Waals surface area contributed by atoms with Crippen molar-refractivity contribution in [3.05, 3.63) is 77.9 Å². The average molecular weight is 749 g/mol. The summed E-state index contributed by atoms with van der Waals surface area (Å²) < 4.78 is 0. The molecule has 2 aliphatic rings. The first-order chi connectivity index (χ1) is 25.0. The van der Waals surface area contributed by atoms with Gasteiger partial charge in [-0.25, -0.2) is 0 Å². The minimum Gasteiger partial charge on any atom is -1.00 e. The monoisotopic (exact) mass is 747 g/mol. The molecule has 0 spiro atoms. The molecule has 0 unspecified atom stereocenters. The van der Waals surface area contributed by atoms with Gasteiger partial charge in [0.2, 0.25) is 0 Å². The number of hydrogen-bond acceptors (Lipinski definition) is 1. The molecule has 5 rings (SSSR count). The van der Waals surface area contributed by atoms with E-state index < -0.39 is 13.3 Å². The van der Waals surface area contributed by atoms with E-state index in [2.05, 4.69) is 108 Å². The van der Waals surface area contributed by atoms with Crippen LogP contribution in [0.15, 0.2) is 66.7 Å². The van der Waals surface area contributed by atoms with Crippen LogP contribution in [0.1, 0.15) is 135 Å². The third-order valence-electron chi connectivity index (χ3n) is 11.5. The van der Waals surface area contributed by atoms with Gasteiger partial charge < -0.3 is 17.7 Å². The number of nitrogens with one attached hydrogen (secondary N) is 4. The van der Waals surface area contributed by atoms with Gasteiger partial charge in [0.15, 0.2) is 6.04 Å². The van der Waals surface area contributed by atoms with E-state index in [1.807, 2.05) is 0 Å². The minimum absolute atomic E-state index is 0. The van der Waals surface area contributed by atoms with Crippen LogP contribution in [0.25, 0.3) is 10.8 Å².